The van der Waals surface area contributed by atoms with Crippen molar-refractivity contribution >= 4 is 5.78 Å². The molecule has 68 valence electrons. The van der Waals surface area contributed by atoms with Crippen LogP contribution in [0.4, 0.5) is 0 Å². The molecular formula is C12H14O. The number of hydrogen-bond acceptors (Lipinski definition) is 1. The van der Waals surface area contributed by atoms with E-state index in [1.54, 1.807) is 0 Å². The number of benzene rings is 1. The fourth-order valence-corrected chi connectivity index (χ4v) is 1.72. The van der Waals surface area contributed by atoms with Crippen molar-refractivity contribution < 1.29 is 4.79 Å². The zero-order valence-electron chi connectivity index (χ0n) is 8.08. The van der Waals surface area contributed by atoms with Crippen LogP contribution in [0.15, 0.2) is 30.3 Å². The van der Waals surface area contributed by atoms with Gasteiger partial charge in [0.25, 0.3) is 0 Å². The molecule has 1 fully saturated rings. The minimum Gasteiger partial charge on any atom is -0.294 e. The van der Waals surface area contributed by atoms with Gasteiger partial charge in [-0.3, -0.25) is 4.79 Å². The SMILES string of the molecule is CC1(C)CC1C(=O)c1ccccc1. The topological polar surface area (TPSA) is 17.1 Å². The summed E-state index contributed by atoms with van der Waals surface area (Å²) in [6.07, 6.45) is 1.04. The highest BCUT2D eigenvalue weighted by Gasteiger charge is 2.50. The van der Waals surface area contributed by atoms with Crippen LogP contribution in [0.25, 0.3) is 0 Å². The minimum atomic E-state index is 0.243. The van der Waals surface area contributed by atoms with Gasteiger partial charge in [0, 0.05) is 11.5 Å². The second-order valence-corrected chi connectivity index (χ2v) is 4.48. The lowest BCUT2D eigenvalue weighted by atomic mass is 10.0. The first-order valence-electron chi connectivity index (χ1n) is 4.70. The minimum absolute atomic E-state index is 0.243. The van der Waals surface area contributed by atoms with E-state index in [1.165, 1.54) is 0 Å². The van der Waals surface area contributed by atoms with Crippen molar-refractivity contribution in [3.63, 3.8) is 0 Å². The van der Waals surface area contributed by atoms with E-state index >= 15 is 0 Å². The van der Waals surface area contributed by atoms with E-state index in [0.717, 1.165) is 12.0 Å². The normalized spacial score (nSPS) is 24.0. The van der Waals surface area contributed by atoms with Gasteiger partial charge in [0.2, 0.25) is 0 Å². The fourth-order valence-electron chi connectivity index (χ4n) is 1.72. The standard InChI is InChI=1S/C12H14O/c1-12(2)8-10(12)11(13)9-6-4-3-5-7-9/h3-7,10H,8H2,1-2H3. The number of carbonyl (C=O) groups is 1. The smallest absolute Gasteiger partial charge is 0.166 e. The van der Waals surface area contributed by atoms with Crippen LogP contribution >= 0.6 is 0 Å². The Morgan fingerprint density at radius 3 is 2.31 bits per heavy atom. The third-order valence-electron chi connectivity index (χ3n) is 2.89. The molecule has 1 saturated carbocycles. The van der Waals surface area contributed by atoms with Crippen molar-refractivity contribution in [1.29, 1.82) is 0 Å². The number of rotatable bonds is 2. The van der Waals surface area contributed by atoms with Crippen LogP contribution < -0.4 is 0 Å². The molecule has 1 aromatic carbocycles. The molecule has 0 saturated heterocycles. The first kappa shape index (κ1) is 8.49. The average molecular weight is 174 g/mol. The Labute approximate surface area is 78.8 Å². The molecule has 0 spiro atoms. The zero-order chi connectivity index (χ0) is 9.47. The summed E-state index contributed by atoms with van der Waals surface area (Å²) in [5.41, 5.74) is 1.10. The van der Waals surface area contributed by atoms with Gasteiger partial charge in [0.1, 0.15) is 0 Å². The molecule has 1 aliphatic carbocycles. The van der Waals surface area contributed by atoms with Crippen LogP contribution in [0, 0.1) is 11.3 Å². The lowest BCUT2D eigenvalue weighted by molar-refractivity contribution is 0.0953. The molecule has 1 aromatic rings. The predicted molar refractivity (Wildman–Crippen MR) is 52.7 cm³/mol. The molecule has 1 heteroatoms. The molecule has 0 amide bonds. The van der Waals surface area contributed by atoms with E-state index in [0.29, 0.717) is 5.78 Å². The monoisotopic (exact) mass is 174 g/mol. The van der Waals surface area contributed by atoms with Crippen LogP contribution in [-0.2, 0) is 0 Å². The Morgan fingerprint density at radius 1 is 1.31 bits per heavy atom. The average Bonchev–Trinajstić information content (AvgIpc) is 2.76. The van der Waals surface area contributed by atoms with Crippen molar-refractivity contribution in [2.75, 3.05) is 0 Å². The second-order valence-electron chi connectivity index (χ2n) is 4.48. The highest BCUT2D eigenvalue weighted by molar-refractivity contribution is 6.00. The van der Waals surface area contributed by atoms with E-state index in [2.05, 4.69) is 13.8 Å². The van der Waals surface area contributed by atoms with E-state index in [4.69, 9.17) is 0 Å². The van der Waals surface area contributed by atoms with Gasteiger partial charge >= 0.3 is 0 Å². The highest BCUT2D eigenvalue weighted by atomic mass is 16.1. The third kappa shape index (κ3) is 1.51. The van der Waals surface area contributed by atoms with Crippen molar-refractivity contribution in [3.05, 3.63) is 35.9 Å². The molecule has 2 rings (SSSR count). The number of hydrogen-bond donors (Lipinski definition) is 0. The maximum absolute atomic E-state index is 11.8. The van der Waals surface area contributed by atoms with E-state index in [9.17, 15) is 4.79 Å². The number of Topliss-reactive ketones (excluding diaryl/α,β-unsaturated/α-hetero) is 1. The van der Waals surface area contributed by atoms with E-state index < -0.39 is 0 Å². The molecule has 0 aliphatic heterocycles. The molecular weight excluding hydrogens is 160 g/mol. The van der Waals surface area contributed by atoms with E-state index in [1.807, 2.05) is 30.3 Å². The molecule has 1 unspecified atom stereocenters. The Kier molecular flexibility index (Phi) is 1.76. The van der Waals surface area contributed by atoms with Gasteiger partial charge in [0.05, 0.1) is 0 Å². The summed E-state index contributed by atoms with van der Waals surface area (Å²) >= 11 is 0. The molecule has 1 aliphatic rings. The van der Waals surface area contributed by atoms with Gasteiger partial charge < -0.3 is 0 Å². The Bertz CT molecular complexity index is 324. The summed E-state index contributed by atoms with van der Waals surface area (Å²) in [5.74, 6) is 0.570. The molecule has 0 radical (unpaired) electrons. The third-order valence-corrected chi connectivity index (χ3v) is 2.89. The summed E-state index contributed by atoms with van der Waals surface area (Å²) in [7, 11) is 0. The Balaban J connectivity index is 2.17. The van der Waals surface area contributed by atoms with Crippen molar-refractivity contribution in [3.8, 4) is 0 Å². The Morgan fingerprint density at radius 2 is 1.85 bits per heavy atom. The molecule has 1 atom stereocenters. The number of ketones is 1. The van der Waals surface area contributed by atoms with Gasteiger partial charge in [-0.15, -0.1) is 0 Å². The maximum Gasteiger partial charge on any atom is 0.166 e. The van der Waals surface area contributed by atoms with Crippen molar-refractivity contribution in [2.24, 2.45) is 11.3 Å². The van der Waals surface area contributed by atoms with Crippen LogP contribution in [0.1, 0.15) is 30.6 Å². The maximum atomic E-state index is 11.8. The van der Waals surface area contributed by atoms with Crippen LogP contribution in [0.2, 0.25) is 0 Å². The molecule has 0 heterocycles. The quantitative estimate of drug-likeness (QED) is 0.630. The molecule has 1 nitrogen and oxygen atoms in total. The molecule has 0 bridgehead atoms. The zero-order valence-corrected chi connectivity index (χ0v) is 8.08. The molecule has 13 heavy (non-hydrogen) atoms. The Hall–Kier alpha value is -1.11. The summed E-state index contributed by atoms with van der Waals surface area (Å²) < 4.78 is 0. The van der Waals surface area contributed by atoms with Crippen molar-refractivity contribution in [1.82, 2.24) is 0 Å². The van der Waals surface area contributed by atoms with E-state index in [-0.39, 0.29) is 11.3 Å². The number of carbonyl (C=O) groups excluding carboxylic acids is 1. The van der Waals surface area contributed by atoms with Crippen LogP contribution in [0.3, 0.4) is 0 Å². The largest absolute Gasteiger partial charge is 0.294 e. The summed E-state index contributed by atoms with van der Waals surface area (Å²) in [5, 5.41) is 0. The van der Waals surface area contributed by atoms with Gasteiger partial charge in [0.15, 0.2) is 5.78 Å². The van der Waals surface area contributed by atoms with Gasteiger partial charge in [-0.2, -0.15) is 0 Å². The van der Waals surface area contributed by atoms with Gasteiger partial charge in [-0.25, -0.2) is 0 Å². The second kappa shape index (κ2) is 2.69. The summed E-state index contributed by atoms with van der Waals surface area (Å²) in [6.45, 7) is 4.30. The lowest BCUT2D eigenvalue weighted by Crippen LogP contribution is -2.05. The predicted octanol–water partition coefficient (Wildman–Crippen LogP) is 2.92. The van der Waals surface area contributed by atoms with Gasteiger partial charge in [-0.1, -0.05) is 44.2 Å². The summed E-state index contributed by atoms with van der Waals surface area (Å²) in [4.78, 5) is 11.8. The molecule has 0 N–H and O–H groups in total. The van der Waals surface area contributed by atoms with Crippen LogP contribution in [-0.4, -0.2) is 5.78 Å². The lowest BCUT2D eigenvalue weighted by Gasteiger charge is -2.01. The fraction of sp³-hybridized carbons (Fsp3) is 0.417. The van der Waals surface area contributed by atoms with Crippen molar-refractivity contribution in [2.45, 2.75) is 20.3 Å². The van der Waals surface area contributed by atoms with Crippen LogP contribution in [0.5, 0.6) is 0 Å². The molecule has 0 aromatic heterocycles. The highest BCUT2D eigenvalue weighted by Crippen LogP contribution is 2.52. The van der Waals surface area contributed by atoms with Gasteiger partial charge in [-0.05, 0) is 11.8 Å². The summed E-state index contributed by atoms with van der Waals surface area (Å²) in [6, 6.07) is 9.58. The first-order chi connectivity index (χ1) is 6.11. The first-order valence-corrected chi connectivity index (χ1v) is 4.70.